The molecule has 0 atom stereocenters. The number of benzene rings is 1. The molecular weight excluding hydrogens is 445 g/mol. The third-order valence-electron chi connectivity index (χ3n) is 5.54. The average Bonchev–Trinajstić information content (AvgIpc) is 3.29. The maximum atomic E-state index is 13.1. The van der Waals surface area contributed by atoms with Crippen molar-refractivity contribution in [1.82, 2.24) is 19.2 Å². The van der Waals surface area contributed by atoms with Crippen molar-refractivity contribution in [1.29, 1.82) is 0 Å². The summed E-state index contributed by atoms with van der Waals surface area (Å²) in [7, 11) is 0. The van der Waals surface area contributed by atoms with Gasteiger partial charge in [0.25, 0.3) is 0 Å². The Morgan fingerprint density at radius 2 is 1.79 bits per heavy atom. The standard InChI is InChI=1S/C23H32FN5O3S/c1-3-5-11-28(22-25-20(26-33-22)17-18-6-8-19(24)9-7-18)12-10-21(30)27-13-15-29(16-14-27)23(31)32-4-2/h6-9H,3-5,10-17H2,1-2H3. The molecular formula is C23H32FN5O3S. The van der Waals surface area contributed by atoms with E-state index in [-0.39, 0.29) is 17.8 Å². The highest BCUT2D eigenvalue weighted by molar-refractivity contribution is 7.09. The summed E-state index contributed by atoms with van der Waals surface area (Å²) in [5.41, 5.74) is 0.956. The molecule has 2 aromatic rings. The van der Waals surface area contributed by atoms with Gasteiger partial charge in [-0.15, -0.1) is 0 Å². The third-order valence-corrected chi connectivity index (χ3v) is 6.35. The molecule has 10 heteroatoms. The molecule has 8 nitrogen and oxygen atoms in total. The number of nitrogens with zero attached hydrogens (tertiary/aromatic N) is 5. The number of ether oxygens (including phenoxy) is 1. The molecule has 0 aliphatic carbocycles. The van der Waals surface area contributed by atoms with Crippen LogP contribution >= 0.6 is 11.5 Å². The molecule has 0 bridgehead atoms. The lowest BCUT2D eigenvalue weighted by Crippen LogP contribution is -2.51. The summed E-state index contributed by atoms with van der Waals surface area (Å²) in [6, 6.07) is 6.36. The van der Waals surface area contributed by atoms with Crippen LogP contribution in [0.15, 0.2) is 24.3 Å². The smallest absolute Gasteiger partial charge is 0.409 e. The maximum Gasteiger partial charge on any atom is 0.409 e. The van der Waals surface area contributed by atoms with Crippen molar-refractivity contribution in [3.63, 3.8) is 0 Å². The first-order valence-corrected chi connectivity index (χ1v) is 12.3. The molecule has 180 valence electrons. The molecule has 33 heavy (non-hydrogen) atoms. The average molecular weight is 478 g/mol. The number of carbonyl (C=O) groups is 2. The number of aromatic nitrogens is 2. The van der Waals surface area contributed by atoms with Crippen LogP contribution in [0.25, 0.3) is 0 Å². The van der Waals surface area contributed by atoms with Gasteiger partial charge in [-0.1, -0.05) is 25.5 Å². The van der Waals surface area contributed by atoms with Crippen molar-refractivity contribution in [2.45, 2.75) is 39.5 Å². The Kier molecular flexibility index (Phi) is 9.41. The van der Waals surface area contributed by atoms with Gasteiger partial charge in [-0.25, -0.2) is 14.2 Å². The summed E-state index contributed by atoms with van der Waals surface area (Å²) in [5, 5.41) is 0.806. The monoisotopic (exact) mass is 477 g/mol. The number of piperazine rings is 1. The van der Waals surface area contributed by atoms with Gasteiger partial charge in [0.1, 0.15) is 11.6 Å². The molecule has 1 aromatic heterocycles. The molecule has 2 amide bonds. The Morgan fingerprint density at radius 1 is 1.09 bits per heavy atom. The summed E-state index contributed by atoms with van der Waals surface area (Å²) >= 11 is 1.33. The van der Waals surface area contributed by atoms with Gasteiger partial charge in [0.2, 0.25) is 11.0 Å². The second-order valence-electron chi connectivity index (χ2n) is 7.95. The number of carbonyl (C=O) groups excluding carboxylic acids is 2. The molecule has 0 saturated carbocycles. The first-order valence-electron chi connectivity index (χ1n) is 11.5. The fourth-order valence-corrected chi connectivity index (χ4v) is 4.36. The minimum atomic E-state index is -0.317. The van der Waals surface area contributed by atoms with Crippen LogP contribution in [0.5, 0.6) is 0 Å². The van der Waals surface area contributed by atoms with Crippen LogP contribution < -0.4 is 4.90 Å². The predicted octanol–water partition coefficient (Wildman–Crippen LogP) is 3.57. The van der Waals surface area contributed by atoms with Crippen molar-refractivity contribution in [2.24, 2.45) is 0 Å². The van der Waals surface area contributed by atoms with Gasteiger partial charge in [-0.3, -0.25) is 4.79 Å². The number of anilines is 1. The molecule has 1 saturated heterocycles. The number of amides is 2. The molecule has 1 aliphatic rings. The number of hydrogen-bond acceptors (Lipinski definition) is 7. The number of hydrogen-bond donors (Lipinski definition) is 0. The summed E-state index contributed by atoms with van der Waals surface area (Å²) in [6.45, 7) is 7.68. The maximum absolute atomic E-state index is 13.1. The van der Waals surface area contributed by atoms with Gasteiger partial charge in [0, 0.05) is 63.6 Å². The van der Waals surface area contributed by atoms with Crippen molar-refractivity contribution in [3.8, 4) is 0 Å². The first kappa shape index (κ1) is 24.9. The Labute approximate surface area is 198 Å². The van der Waals surface area contributed by atoms with E-state index in [2.05, 4.69) is 21.2 Å². The summed E-state index contributed by atoms with van der Waals surface area (Å²) in [5.74, 6) is 0.518. The highest BCUT2D eigenvalue weighted by Crippen LogP contribution is 2.20. The lowest BCUT2D eigenvalue weighted by Gasteiger charge is -2.34. The predicted molar refractivity (Wildman–Crippen MR) is 126 cm³/mol. The van der Waals surface area contributed by atoms with E-state index in [1.165, 1.54) is 23.7 Å². The quantitative estimate of drug-likeness (QED) is 0.521. The second kappa shape index (κ2) is 12.5. The van der Waals surface area contributed by atoms with Gasteiger partial charge in [0.05, 0.1) is 6.61 Å². The molecule has 0 unspecified atom stereocenters. The summed E-state index contributed by atoms with van der Waals surface area (Å²) < 4.78 is 22.6. The zero-order chi connectivity index (χ0) is 23.6. The normalized spacial score (nSPS) is 13.8. The van der Waals surface area contributed by atoms with E-state index < -0.39 is 0 Å². The van der Waals surface area contributed by atoms with E-state index in [9.17, 15) is 14.0 Å². The Balaban J connectivity index is 1.53. The summed E-state index contributed by atoms with van der Waals surface area (Å²) in [4.78, 5) is 34.9. The lowest BCUT2D eigenvalue weighted by molar-refractivity contribution is -0.132. The molecule has 2 heterocycles. The lowest BCUT2D eigenvalue weighted by atomic mass is 10.1. The van der Waals surface area contributed by atoms with Gasteiger partial charge >= 0.3 is 6.09 Å². The molecule has 1 aromatic carbocycles. The zero-order valence-corrected chi connectivity index (χ0v) is 20.2. The summed E-state index contributed by atoms with van der Waals surface area (Å²) in [6.07, 6.45) is 2.65. The highest BCUT2D eigenvalue weighted by Gasteiger charge is 2.25. The van der Waals surface area contributed by atoms with Crippen LogP contribution in [0.3, 0.4) is 0 Å². The van der Waals surface area contributed by atoms with Gasteiger partial charge < -0.3 is 19.4 Å². The van der Waals surface area contributed by atoms with E-state index in [0.717, 1.165) is 30.1 Å². The van der Waals surface area contributed by atoms with Crippen molar-refractivity contribution >= 4 is 28.7 Å². The van der Waals surface area contributed by atoms with Crippen molar-refractivity contribution in [3.05, 3.63) is 41.5 Å². The molecule has 1 fully saturated rings. The molecule has 3 rings (SSSR count). The van der Waals surface area contributed by atoms with Crippen LogP contribution in [0.2, 0.25) is 0 Å². The second-order valence-corrected chi connectivity index (χ2v) is 8.68. The van der Waals surface area contributed by atoms with E-state index in [0.29, 0.717) is 58.0 Å². The van der Waals surface area contributed by atoms with Crippen LogP contribution in [0, 0.1) is 5.82 Å². The minimum Gasteiger partial charge on any atom is -0.450 e. The molecule has 1 aliphatic heterocycles. The fraction of sp³-hybridized carbons (Fsp3) is 0.565. The SMILES string of the molecule is CCCCN(CCC(=O)N1CCN(C(=O)OCC)CC1)c1nc(Cc2ccc(F)cc2)ns1. The number of rotatable bonds is 10. The van der Waals surface area contributed by atoms with Crippen molar-refractivity contribution < 1.29 is 18.7 Å². The zero-order valence-electron chi connectivity index (χ0n) is 19.3. The topological polar surface area (TPSA) is 78.9 Å². The molecule has 0 radical (unpaired) electrons. The Bertz CT molecular complexity index is 900. The van der Waals surface area contributed by atoms with E-state index in [4.69, 9.17) is 4.74 Å². The minimum absolute atomic E-state index is 0.0797. The van der Waals surface area contributed by atoms with Crippen LogP contribution in [0.4, 0.5) is 14.3 Å². The van der Waals surface area contributed by atoms with Gasteiger partial charge in [-0.2, -0.15) is 4.37 Å². The van der Waals surface area contributed by atoms with Crippen LogP contribution in [-0.4, -0.2) is 77.0 Å². The Morgan fingerprint density at radius 3 is 2.45 bits per heavy atom. The third kappa shape index (κ3) is 7.38. The van der Waals surface area contributed by atoms with Crippen LogP contribution in [-0.2, 0) is 16.0 Å². The largest absolute Gasteiger partial charge is 0.450 e. The highest BCUT2D eigenvalue weighted by atomic mass is 32.1. The van der Waals surface area contributed by atoms with E-state index in [1.807, 2.05) is 4.90 Å². The molecule has 0 N–H and O–H groups in total. The van der Waals surface area contributed by atoms with Crippen LogP contribution in [0.1, 0.15) is 44.5 Å². The number of unbranched alkanes of at least 4 members (excludes halogenated alkanes) is 1. The van der Waals surface area contributed by atoms with Gasteiger partial charge in [-0.05, 0) is 31.0 Å². The first-order chi connectivity index (χ1) is 16.0. The fourth-order valence-electron chi connectivity index (χ4n) is 3.62. The van der Waals surface area contributed by atoms with Gasteiger partial charge in [0.15, 0.2) is 0 Å². The number of halogens is 1. The Hall–Kier alpha value is -2.75. The van der Waals surface area contributed by atoms with E-state index >= 15 is 0 Å². The van der Waals surface area contributed by atoms with Crippen molar-refractivity contribution in [2.75, 3.05) is 50.8 Å². The molecule has 0 spiro atoms. The van der Waals surface area contributed by atoms with E-state index in [1.54, 1.807) is 24.0 Å².